The zero-order valence-corrected chi connectivity index (χ0v) is 12.8. The van der Waals surface area contributed by atoms with Crippen LogP contribution in [0.2, 0.25) is 0 Å². The molecule has 0 spiro atoms. The monoisotopic (exact) mass is 362 g/mol. The van der Waals surface area contributed by atoms with Gasteiger partial charge in [-0.3, -0.25) is 0 Å². The van der Waals surface area contributed by atoms with Crippen molar-refractivity contribution < 1.29 is 35.2 Å². The number of halogens is 5. The lowest BCUT2D eigenvalue weighted by Gasteiger charge is -2.16. The van der Waals surface area contributed by atoms with Crippen molar-refractivity contribution in [1.29, 1.82) is 0 Å². The minimum Gasteiger partial charge on any atom is -0.389 e. The Morgan fingerprint density at radius 2 is 1.78 bits per heavy atom. The molecule has 130 valence electrons. The van der Waals surface area contributed by atoms with Crippen molar-refractivity contribution in [2.45, 2.75) is 37.3 Å². The third-order valence-corrected chi connectivity index (χ3v) is 4.59. The van der Waals surface area contributed by atoms with E-state index in [1.165, 1.54) is 13.8 Å². The van der Waals surface area contributed by atoms with E-state index < -0.39 is 50.0 Å². The fraction of sp³-hybridized carbons (Fsp3) is 0.700. The molecule has 1 aromatic rings. The van der Waals surface area contributed by atoms with E-state index in [1.807, 2.05) is 0 Å². The minimum atomic E-state index is -5.42. The van der Waals surface area contributed by atoms with Crippen molar-refractivity contribution in [1.82, 2.24) is 14.8 Å². The molecule has 0 N–H and O–H groups in total. The molecule has 0 atom stereocenters. The highest BCUT2D eigenvalue weighted by atomic mass is 32.2. The van der Waals surface area contributed by atoms with Crippen LogP contribution in [0.5, 0.6) is 0 Å². The molecule has 2 rings (SSSR count). The Balaban J connectivity index is 2.48. The second-order valence-corrected chi connectivity index (χ2v) is 7.40. The number of hydrogen-bond acceptors (Lipinski definition) is 6. The summed E-state index contributed by atoms with van der Waals surface area (Å²) in [5.74, 6) is -3.52. The fourth-order valence-electron chi connectivity index (χ4n) is 1.77. The van der Waals surface area contributed by atoms with Crippen molar-refractivity contribution in [3.8, 4) is 0 Å². The van der Waals surface area contributed by atoms with E-state index in [2.05, 4.69) is 15.2 Å². The van der Waals surface area contributed by atoms with Gasteiger partial charge in [0.25, 0.3) is 15.7 Å². The lowest BCUT2D eigenvalue weighted by Crippen LogP contribution is -2.36. The summed E-state index contributed by atoms with van der Waals surface area (Å²) in [5.41, 5.74) is -1.12. The van der Waals surface area contributed by atoms with Gasteiger partial charge in [0.05, 0.1) is 0 Å². The summed E-state index contributed by atoms with van der Waals surface area (Å²) in [7, 11) is -4.68. The van der Waals surface area contributed by atoms with Crippen LogP contribution in [-0.4, -0.2) is 33.8 Å². The highest BCUT2D eigenvalue weighted by molar-refractivity contribution is 8.06. The predicted octanol–water partition coefficient (Wildman–Crippen LogP) is 1.81. The first-order valence-corrected chi connectivity index (χ1v) is 7.53. The standard InChI is InChI=1S/C10H11F5N4O3S/c1-8(2)4-5(18-22-8)23(20,21)10(14,15)7-16-6(9(11,12)13)17-19(7)3/h4H2,1-3H3. The number of sulfone groups is 1. The molecule has 0 radical (unpaired) electrons. The zero-order chi connectivity index (χ0) is 17.8. The van der Waals surface area contributed by atoms with E-state index in [4.69, 9.17) is 4.84 Å². The van der Waals surface area contributed by atoms with Crippen LogP contribution in [0.3, 0.4) is 0 Å². The summed E-state index contributed by atoms with van der Waals surface area (Å²) >= 11 is 0. The van der Waals surface area contributed by atoms with E-state index in [0.29, 0.717) is 0 Å². The maximum Gasteiger partial charge on any atom is 0.453 e. The summed E-state index contributed by atoms with van der Waals surface area (Å²) in [5, 5.41) is 0.170. The van der Waals surface area contributed by atoms with Crippen LogP contribution in [0, 0.1) is 0 Å². The molecule has 0 saturated heterocycles. The third kappa shape index (κ3) is 2.88. The normalized spacial score (nSPS) is 18.7. The molecule has 0 unspecified atom stereocenters. The summed E-state index contributed by atoms with van der Waals surface area (Å²) in [4.78, 5) is 7.34. The molecule has 2 heterocycles. The average Bonchev–Trinajstić information content (AvgIpc) is 2.91. The number of alkyl halides is 5. The second kappa shape index (κ2) is 4.85. The second-order valence-electron chi connectivity index (χ2n) is 5.41. The Hall–Kier alpha value is -1.79. The molecule has 0 aromatic carbocycles. The van der Waals surface area contributed by atoms with E-state index in [-0.39, 0.29) is 4.68 Å². The minimum absolute atomic E-state index is 0.0713. The first kappa shape index (κ1) is 17.6. The maximum atomic E-state index is 14.3. The first-order valence-electron chi connectivity index (χ1n) is 6.05. The Morgan fingerprint density at radius 3 is 2.17 bits per heavy atom. The quantitative estimate of drug-likeness (QED) is 0.749. The molecule has 0 aliphatic carbocycles. The van der Waals surface area contributed by atoms with Crippen LogP contribution >= 0.6 is 0 Å². The molecule has 0 bridgehead atoms. The summed E-state index contributed by atoms with van der Waals surface area (Å²) in [6, 6.07) is 0. The zero-order valence-electron chi connectivity index (χ0n) is 12.0. The number of nitrogens with zero attached hydrogens (tertiary/aromatic N) is 4. The summed E-state index contributed by atoms with van der Waals surface area (Å²) in [6.45, 7) is 2.84. The third-order valence-electron chi connectivity index (χ3n) is 2.90. The number of hydrogen-bond donors (Lipinski definition) is 0. The average molecular weight is 362 g/mol. The molecule has 1 aliphatic heterocycles. The largest absolute Gasteiger partial charge is 0.453 e. The molecular weight excluding hydrogens is 351 g/mol. The molecule has 13 heteroatoms. The number of aryl methyl sites for hydroxylation is 1. The van der Waals surface area contributed by atoms with Crippen LogP contribution in [-0.2, 0) is 33.2 Å². The number of oxime groups is 1. The lowest BCUT2D eigenvalue weighted by atomic mass is 10.1. The van der Waals surface area contributed by atoms with Gasteiger partial charge in [0, 0.05) is 13.5 Å². The molecule has 1 aromatic heterocycles. The fourth-order valence-corrected chi connectivity index (χ4v) is 3.16. The summed E-state index contributed by atoms with van der Waals surface area (Å²) < 4.78 is 90.2. The summed E-state index contributed by atoms with van der Waals surface area (Å²) in [6.07, 6.45) is -5.54. The van der Waals surface area contributed by atoms with Gasteiger partial charge in [-0.2, -0.15) is 22.0 Å². The molecule has 0 saturated carbocycles. The Morgan fingerprint density at radius 1 is 1.22 bits per heavy atom. The van der Waals surface area contributed by atoms with Gasteiger partial charge < -0.3 is 4.84 Å². The SMILES string of the molecule is Cn1nc(C(F)(F)F)nc1C(F)(F)S(=O)(=O)C1=NOC(C)(C)C1. The van der Waals surface area contributed by atoms with E-state index >= 15 is 0 Å². The van der Waals surface area contributed by atoms with Gasteiger partial charge in [0.1, 0.15) is 5.60 Å². The van der Waals surface area contributed by atoms with Gasteiger partial charge in [-0.15, -0.1) is 5.10 Å². The van der Waals surface area contributed by atoms with Crippen molar-refractivity contribution >= 4 is 14.9 Å². The van der Waals surface area contributed by atoms with Gasteiger partial charge in [-0.25, -0.2) is 18.1 Å². The van der Waals surface area contributed by atoms with Crippen LogP contribution in [0.15, 0.2) is 5.16 Å². The highest BCUT2D eigenvalue weighted by Crippen LogP contribution is 2.39. The van der Waals surface area contributed by atoms with Crippen molar-refractivity contribution in [2.75, 3.05) is 0 Å². The lowest BCUT2D eigenvalue weighted by molar-refractivity contribution is -0.145. The van der Waals surface area contributed by atoms with E-state index in [1.54, 1.807) is 0 Å². The highest BCUT2D eigenvalue weighted by Gasteiger charge is 2.57. The van der Waals surface area contributed by atoms with Crippen LogP contribution < -0.4 is 0 Å². The van der Waals surface area contributed by atoms with Gasteiger partial charge >= 0.3 is 11.4 Å². The van der Waals surface area contributed by atoms with Gasteiger partial charge in [0.15, 0.2) is 5.04 Å². The number of rotatable bonds is 2. The van der Waals surface area contributed by atoms with Gasteiger partial charge in [0.2, 0.25) is 5.82 Å². The van der Waals surface area contributed by atoms with Crippen molar-refractivity contribution in [3.05, 3.63) is 11.6 Å². The van der Waals surface area contributed by atoms with Crippen LogP contribution in [0.25, 0.3) is 0 Å². The predicted molar refractivity (Wildman–Crippen MR) is 66.0 cm³/mol. The van der Waals surface area contributed by atoms with Crippen molar-refractivity contribution in [2.24, 2.45) is 12.2 Å². The van der Waals surface area contributed by atoms with Crippen LogP contribution in [0.4, 0.5) is 22.0 Å². The van der Waals surface area contributed by atoms with Crippen molar-refractivity contribution in [3.63, 3.8) is 0 Å². The van der Waals surface area contributed by atoms with Gasteiger partial charge in [-0.1, -0.05) is 5.16 Å². The first-order chi connectivity index (χ1) is 10.2. The number of aromatic nitrogens is 3. The molecule has 0 amide bonds. The molecule has 0 fully saturated rings. The molecule has 7 nitrogen and oxygen atoms in total. The van der Waals surface area contributed by atoms with E-state index in [0.717, 1.165) is 7.05 Å². The van der Waals surface area contributed by atoms with Crippen LogP contribution in [0.1, 0.15) is 31.9 Å². The maximum absolute atomic E-state index is 14.3. The van der Waals surface area contributed by atoms with Gasteiger partial charge in [-0.05, 0) is 13.8 Å². The topological polar surface area (TPSA) is 86.4 Å². The molecule has 1 aliphatic rings. The molecule has 23 heavy (non-hydrogen) atoms. The molecular formula is C10H11F5N4O3S. The Kier molecular flexibility index (Phi) is 3.70. The Bertz CT molecular complexity index is 766. The smallest absolute Gasteiger partial charge is 0.389 e. The Labute approximate surface area is 127 Å². The van der Waals surface area contributed by atoms with E-state index in [9.17, 15) is 30.4 Å².